The molecule has 6 heteroatoms. The molecule has 0 aromatic carbocycles. The molecular formula is C15H19N3O3. The SMILES string of the molecule is COC(=O)OCc1nc(C(C)C)cn1Cc1ccncc1. The average molecular weight is 289 g/mol. The minimum atomic E-state index is -0.709. The van der Waals surface area contributed by atoms with Crippen molar-refractivity contribution in [2.24, 2.45) is 0 Å². The number of nitrogens with zero attached hydrogens (tertiary/aromatic N) is 3. The van der Waals surface area contributed by atoms with Crippen LogP contribution in [-0.4, -0.2) is 27.8 Å². The van der Waals surface area contributed by atoms with Gasteiger partial charge in [0.25, 0.3) is 0 Å². The summed E-state index contributed by atoms with van der Waals surface area (Å²) in [5, 5.41) is 0. The molecule has 0 radical (unpaired) electrons. The lowest BCUT2D eigenvalue weighted by Gasteiger charge is -2.07. The van der Waals surface area contributed by atoms with Gasteiger partial charge in [-0.25, -0.2) is 9.78 Å². The molecule has 0 saturated heterocycles. The van der Waals surface area contributed by atoms with Gasteiger partial charge in [-0.3, -0.25) is 4.98 Å². The topological polar surface area (TPSA) is 66.2 Å². The number of hydrogen-bond acceptors (Lipinski definition) is 5. The fourth-order valence-corrected chi connectivity index (χ4v) is 1.87. The Kier molecular flexibility index (Phi) is 4.92. The second kappa shape index (κ2) is 6.88. The van der Waals surface area contributed by atoms with Crippen LogP contribution in [0, 0.1) is 0 Å². The van der Waals surface area contributed by atoms with Crippen LogP contribution in [0.2, 0.25) is 0 Å². The number of imidazole rings is 1. The predicted octanol–water partition coefficient (Wildman–Crippen LogP) is 2.73. The van der Waals surface area contributed by atoms with E-state index in [2.05, 4.69) is 28.6 Å². The van der Waals surface area contributed by atoms with E-state index >= 15 is 0 Å². The summed E-state index contributed by atoms with van der Waals surface area (Å²) >= 11 is 0. The van der Waals surface area contributed by atoms with Crippen molar-refractivity contribution in [2.75, 3.05) is 7.11 Å². The Morgan fingerprint density at radius 1 is 1.33 bits per heavy atom. The highest BCUT2D eigenvalue weighted by Gasteiger charge is 2.13. The predicted molar refractivity (Wildman–Crippen MR) is 76.8 cm³/mol. The van der Waals surface area contributed by atoms with Gasteiger partial charge in [0.15, 0.2) is 6.61 Å². The summed E-state index contributed by atoms with van der Waals surface area (Å²) < 4.78 is 11.4. The van der Waals surface area contributed by atoms with Gasteiger partial charge >= 0.3 is 6.16 Å². The molecule has 0 bridgehead atoms. The van der Waals surface area contributed by atoms with E-state index in [9.17, 15) is 4.79 Å². The first-order valence-electron chi connectivity index (χ1n) is 6.75. The maximum atomic E-state index is 11.1. The molecule has 0 amide bonds. The number of rotatable bonds is 5. The van der Waals surface area contributed by atoms with E-state index in [0.717, 1.165) is 11.3 Å². The monoisotopic (exact) mass is 289 g/mol. The number of methoxy groups -OCH3 is 1. The molecule has 21 heavy (non-hydrogen) atoms. The summed E-state index contributed by atoms with van der Waals surface area (Å²) in [6.07, 6.45) is 4.78. The average Bonchev–Trinajstić information content (AvgIpc) is 2.89. The Hall–Kier alpha value is -2.37. The van der Waals surface area contributed by atoms with Crippen molar-refractivity contribution in [3.8, 4) is 0 Å². The third-order valence-electron chi connectivity index (χ3n) is 3.06. The summed E-state index contributed by atoms with van der Waals surface area (Å²) in [6.45, 7) is 4.89. The first-order valence-corrected chi connectivity index (χ1v) is 6.75. The van der Waals surface area contributed by atoms with Gasteiger partial charge in [-0.15, -0.1) is 0 Å². The van der Waals surface area contributed by atoms with Crippen molar-refractivity contribution in [2.45, 2.75) is 32.9 Å². The van der Waals surface area contributed by atoms with Gasteiger partial charge in [-0.2, -0.15) is 0 Å². The highest BCUT2D eigenvalue weighted by molar-refractivity contribution is 5.59. The minimum Gasteiger partial charge on any atom is -0.438 e. The van der Waals surface area contributed by atoms with E-state index < -0.39 is 6.16 Å². The van der Waals surface area contributed by atoms with Crippen LogP contribution >= 0.6 is 0 Å². The maximum Gasteiger partial charge on any atom is 0.508 e. The molecule has 112 valence electrons. The normalized spacial score (nSPS) is 10.7. The highest BCUT2D eigenvalue weighted by atomic mass is 16.7. The smallest absolute Gasteiger partial charge is 0.438 e. The molecule has 2 aromatic heterocycles. The highest BCUT2D eigenvalue weighted by Crippen LogP contribution is 2.16. The molecule has 0 fully saturated rings. The molecule has 2 rings (SSSR count). The molecule has 0 aliphatic carbocycles. The van der Waals surface area contributed by atoms with Gasteiger partial charge in [0.1, 0.15) is 5.82 Å². The molecule has 6 nitrogen and oxygen atoms in total. The lowest BCUT2D eigenvalue weighted by molar-refractivity contribution is 0.0641. The first-order chi connectivity index (χ1) is 10.1. The zero-order valence-electron chi connectivity index (χ0n) is 12.4. The molecule has 0 spiro atoms. The van der Waals surface area contributed by atoms with Crippen LogP contribution < -0.4 is 0 Å². The van der Waals surface area contributed by atoms with Crippen LogP contribution in [0.1, 0.15) is 36.8 Å². The molecule has 0 saturated carbocycles. The summed E-state index contributed by atoms with van der Waals surface area (Å²) in [5.41, 5.74) is 2.07. The molecule has 0 unspecified atom stereocenters. The Bertz CT molecular complexity index is 593. The van der Waals surface area contributed by atoms with E-state index in [1.54, 1.807) is 12.4 Å². The van der Waals surface area contributed by atoms with E-state index in [1.807, 2.05) is 22.9 Å². The van der Waals surface area contributed by atoms with Gasteiger partial charge in [0.05, 0.1) is 12.8 Å². The lowest BCUT2D eigenvalue weighted by atomic mass is 10.2. The van der Waals surface area contributed by atoms with Gasteiger partial charge in [0.2, 0.25) is 0 Å². The first kappa shape index (κ1) is 15.0. The van der Waals surface area contributed by atoms with E-state index in [-0.39, 0.29) is 6.61 Å². The van der Waals surface area contributed by atoms with Gasteiger partial charge in [-0.05, 0) is 23.6 Å². The van der Waals surface area contributed by atoms with Crippen molar-refractivity contribution < 1.29 is 14.3 Å². The van der Waals surface area contributed by atoms with Gasteiger partial charge < -0.3 is 14.0 Å². The Labute approximate surface area is 123 Å². The van der Waals surface area contributed by atoms with Gasteiger partial charge in [0, 0.05) is 25.1 Å². The number of hydrogen-bond donors (Lipinski definition) is 0. The van der Waals surface area contributed by atoms with Crippen LogP contribution in [0.3, 0.4) is 0 Å². The number of ether oxygens (including phenoxy) is 2. The number of aromatic nitrogens is 3. The van der Waals surface area contributed by atoms with E-state index in [0.29, 0.717) is 18.3 Å². The van der Waals surface area contributed by atoms with Gasteiger partial charge in [-0.1, -0.05) is 13.8 Å². The van der Waals surface area contributed by atoms with Crippen LogP contribution in [-0.2, 0) is 22.6 Å². The van der Waals surface area contributed by atoms with Crippen LogP contribution in [0.25, 0.3) is 0 Å². The Balaban J connectivity index is 2.19. The van der Waals surface area contributed by atoms with Crippen LogP contribution in [0.5, 0.6) is 0 Å². The molecule has 2 aromatic rings. The molecule has 0 N–H and O–H groups in total. The van der Waals surface area contributed by atoms with E-state index in [4.69, 9.17) is 4.74 Å². The van der Waals surface area contributed by atoms with E-state index in [1.165, 1.54) is 7.11 Å². The van der Waals surface area contributed by atoms with Crippen molar-refractivity contribution in [3.63, 3.8) is 0 Å². The summed E-state index contributed by atoms with van der Waals surface area (Å²) in [6, 6.07) is 3.89. The fourth-order valence-electron chi connectivity index (χ4n) is 1.87. The molecule has 0 aliphatic heterocycles. The van der Waals surface area contributed by atoms with Crippen molar-refractivity contribution in [3.05, 3.63) is 47.8 Å². The third kappa shape index (κ3) is 4.05. The van der Waals surface area contributed by atoms with Crippen LogP contribution in [0.4, 0.5) is 4.79 Å². The fraction of sp³-hybridized carbons (Fsp3) is 0.400. The lowest BCUT2D eigenvalue weighted by Crippen LogP contribution is -2.10. The summed E-state index contributed by atoms with van der Waals surface area (Å²) in [4.78, 5) is 19.6. The second-order valence-corrected chi connectivity index (χ2v) is 4.96. The third-order valence-corrected chi connectivity index (χ3v) is 3.06. The largest absolute Gasteiger partial charge is 0.508 e. The van der Waals surface area contributed by atoms with Crippen molar-refractivity contribution in [1.82, 2.24) is 14.5 Å². The Morgan fingerprint density at radius 3 is 2.67 bits per heavy atom. The number of carbonyl (C=O) groups is 1. The summed E-state index contributed by atoms with van der Waals surface area (Å²) in [5.74, 6) is 1.00. The standard InChI is InChI=1S/C15H19N3O3/c1-11(2)13-9-18(8-12-4-6-16-7-5-12)14(17-13)10-21-15(19)20-3/h4-7,9,11H,8,10H2,1-3H3. The zero-order chi connectivity index (χ0) is 15.2. The summed E-state index contributed by atoms with van der Waals surface area (Å²) in [7, 11) is 1.28. The zero-order valence-corrected chi connectivity index (χ0v) is 12.4. The minimum absolute atomic E-state index is 0.0878. The van der Waals surface area contributed by atoms with Crippen LogP contribution in [0.15, 0.2) is 30.7 Å². The number of carbonyl (C=O) groups excluding carboxylic acids is 1. The molecular weight excluding hydrogens is 270 g/mol. The molecule has 0 atom stereocenters. The van der Waals surface area contributed by atoms with Crippen molar-refractivity contribution >= 4 is 6.16 Å². The number of pyridine rings is 1. The quantitative estimate of drug-likeness (QED) is 0.792. The van der Waals surface area contributed by atoms with Crippen molar-refractivity contribution in [1.29, 1.82) is 0 Å². The maximum absolute atomic E-state index is 11.1. The molecule has 0 aliphatic rings. The molecule has 2 heterocycles. The Morgan fingerprint density at radius 2 is 2.05 bits per heavy atom. The second-order valence-electron chi connectivity index (χ2n) is 4.96.